The van der Waals surface area contributed by atoms with Gasteiger partial charge in [-0.3, -0.25) is 9.59 Å². The number of likely N-dealkylation sites (tertiary alicyclic amines) is 1. The summed E-state index contributed by atoms with van der Waals surface area (Å²) in [5, 5.41) is 10.0. The van der Waals surface area contributed by atoms with E-state index in [2.05, 4.69) is 0 Å². The number of carboxylic acids is 1. The van der Waals surface area contributed by atoms with Gasteiger partial charge in [0.15, 0.2) is 11.5 Å². The summed E-state index contributed by atoms with van der Waals surface area (Å²) in [5.41, 5.74) is 0.0941. The highest BCUT2D eigenvalue weighted by Crippen LogP contribution is 2.42. The number of carboxylic acid groups (broad SMARTS) is 1. The van der Waals surface area contributed by atoms with Crippen LogP contribution >= 0.6 is 0 Å². The molecule has 1 aliphatic heterocycles. The maximum Gasteiger partial charge on any atom is 0.326 e. The van der Waals surface area contributed by atoms with E-state index in [9.17, 15) is 19.5 Å². The quantitative estimate of drug-likeness (QED) is 0.525. The monoisotopic (exact) mass is 463 g/mol. The highest BCUT2D eigenvalue weighted by molar-refractivity contribution is 6.38. The molecule has 1 fully saturated rings. The average molecular weight is 464 g/mol. The van der Waals surface area contributed by atoms with Crippen LogP contribution in [-0.4, -0.2) is 61.6 Å². The van der Waals surface area contributed by atoms with E-state index in [0.717, 1.165) is 5.56 Å². The zero-order valence-electron chi connectivity index (χ0n) is 20.8. The van der Waals surface area contributed by atoms with Crippen molar-refractivity contribution in [1.29, 1.82) is 0 Å². The van der Waals surface area contributed by atoms with Gasteiger partial charge in [0, 0.05) is 12.0 Å². The Morgan fingerprint density at radius 1 is 1.12 bits per heavy atom. The fourth-order valence-corrected chi connectivity index (χ4v) is 4.44. The molecule has 33 heavy (non-hydrogen) atoms. The summed E-state index contributed by atoms with van der Waals surface area (Å²) in [5.74, 6) is -1.08. The Kier molecular flexibility index (Phi) is 8.75. The SMILES string of the molecule is CCC(C)(C)C(=O)C(=O)N1CCCC(C[C@H](C)c2cc(OC)c(OC)c(OC)c2)C1C(=O)O. The summed E-state index contributed by atoms with van der Waals surface area (Å²) in [4.78, 5) is 39.4. The molecule has 1 aromatic carbocycles. The van der Waals surface area contributed by atoms with Gasteiger partial charge in [0.25, 0.3) is 5.91 Å². The number of rotatable bonds is 10. The van der Waals surface area contributed by atoms with Crippen LogP contribution in [0.25, 0.3) is 0 Å². The van der Waals surface area contributed by atoms with E-state index in [1.54, 1.807) is 28.1 Å². The number of nitrogens with zero attached hydrogens (tertiary/aromatic N) is 1. The maximum atomic E-state index is 13.0. The first-order valence-electron chi connectivity index (χ1n) is 11.4. The molecule has 1 heterocycles. The summed E-state index contributed by atoms with van der Waals surface area (Å²) in [6.07, 6.45) is 2.36. The van der Waals surface area contributed by atoms with Gasteiger partial charge in [-0.1, -0.05) is 27.7 Å². The van der Waals surface area contributed by atoms with E-state index >= 15 is 0 Å². The topological polar surface area (TPSA) is 102 Å². The van der Waals surface area contributed by atoms with E-state index in [1.807, 2.05) is 26.0 Å². The number of aliphatic carboxylic acids is 1. The number of ketones is 1. The van der Waals surface area contributed by atoms with Crippen molar-refractivity contribution < 1.29 is 33.7 Å². The average Bonchev–Trinajstić information content (AvgIpc) is 2.81. The standard InChI is InChI=1S/C25H37NO7/c1-8-25(3,4)22(27)23(28)26-11-9-10-16(20(26)24(29)30)12-15(2)17-13-18(31-5)21(33-7)19(14-17)32-6/h13-16,20H,8-12H2,1-7H3,(H,29,30)/t15-,16?,20?/m0/s1. The molecule has 8 nitrogen and oxygen atoms in total. The first-order valence-corrected chi connectivity index (χ1v) is 11.4. The Balaban J connectivity index is 2.32. The summed E-state index contributed by atoms with van der Waals surface area (Å²) in [7, 11) is 4.63. The van der Waals surface area contributed by atoms with Gasteiger partial charge in [0.2, 0.25) is 11.5 Å². The minimum Gasteiger partial charge on any atom is -0.493 e. The molecule has 0 aromatic heterocycles. The van der Waals surface area contributed by atoms with E-state index in [4.69, 9.17) is 14.2 Å². The molecule has 0 spiro atoms. The molecule has 0 bridgehead atoms. The summed E-state index contributed by atoms with van der Waals surface area (Å²) in [6, 6.07) is 2.69. The Morgan fingerprint density at radius 2 is 1.70 bits per heavy atom. The smallest absolute Gasteiger partial charge is 0.326 e. The van der Waals surface area contributed by atoms with Crippen molar-refractivity contribution in [2.24, 2.45) is 11.3 Å². The number of Topliss-reactive ketones (excluding diaryl/α,β-unsaturated/α-hetero) is 1. The van der Waals surface area contributed by atoms with E-state index in [0.29, 0.717) is 42.9 Å². The molecule has 0 aliphatic carbocycles. The zero-order chi connectivity index (χ0) is 24.9. The number of piperidine rings is 1. The minimum atomic E-state index is -1.08. The van der Waals surface area contributed by atoms with Crippen LogP contribution < -0.4 is 14.2 Å². The van der Waals surface area contributed by atoms with Gasteiger partial charge in [-0.15, -0.1) is 0 Å². The van der Waals surface area contributed by atoms with Crippen LogP contribution in [0.1, 0.15) is 64.9 Å². The van der Waals surface area contributed by atoms with Gasteiger partial charge >= 0.3 is 5.97 Å². The molecule has 3 atom stereocenters. The molecule has 0 radical (unpaired) electrons. The third kappa shape index (κ3) is 5.60. The Labute approximate surface area is 196 Å². The van der Waals surface area contributed by atoms with Crippen LogP contribution in [0.4, 0.5) is 0 Å². The number of carbonyl (C=O) groups is 3. The minimum absolute atomic E-state index is 0.0385. The van der Waals surface area contributed by atoms with Crippen LogP contribution in [-0.2, 0) is 14.4 Å². The highest BCUT2D eigenvalue weighted by atomic mass is 16.5. The number of ether oxygens (including phenoxy) is 3. The summed E-state index contributed by atoms with van der Waals surface area (Å²) in [6.45, 7) is 7.56. The fraction of sp³-hybridized carbons (Fsp3) is 0.640. The Bertz CT molecular complexity index is 855. The second kappa shape index (κ2) is 10.9. The van der Waals surface area contributed by atoms with Crippen molar-refractivity contribution in [3.63, 3.8) is 0 Å². The second-order valence-corrected chi connectivity index (χ2v) is 9.35. The van der Waals surface area contributed by atoms with Crippen LogP contribution in [0, 0.1) is 11.3 Å². The Morgan fingerprint density at radius 3 is 2.15 bits per heavy atom. The third-order valence-corrected chi connectivity index (χ3v) is 6.88. The lowest BCUT2D eigenvalue weighted by atomic mass is 9.79. The summed E-state index contributed by atoms with van der Waals surface area (Å²) < 4.78 is 16.3. The second-order valence-electron chi connectivity index (χ2n) is 9.35. The van der Waals surface area contributed by atoms with E-state index in [-0.39, 0.29) is 18.4 Å². The molecule has 184 valence electrons. The highest BCUT2D eigenvalue weighted by Gasteiger charge is 2.44. The summed E-state index contributed by atoms with van der Waals surface area (Å²) >= 11 is 0. The van der Waals surface area contributed by atoms with Crippen LogP contribution in [0.2, 0.25) is 0 Å². The van der Waals surface area contributed by atoms with Gasteiger partial charge < -0.3 is 24.2 Å². The first-order chi connectivity index (χ1) is 15.5. The zero-order valence-corrected chi connectivity index (χ0v) is 20.8. The normalized spacial score (nSPS) is 19.5. The predicted octanol–water partition coefficient (Wildman–Crippen LogP) is 3.90. The largest absolute Gasteiger partial charge is 0.493 e. The van der Waals surface area contributed by atoms with Gasteiger partial charge in [-0.2, -0.15) is 0 Å². The number of hydrogen-bond donors (Lipinski definition) is 1. The van der Waals surface area contributed by atoms with E-state index < -0.39 is 29.1 Å². The lowest BCUT2D eigenvalue weighted by Gasteiger charge is -2.40. The van der Waals surface area contributed by atoms with Crippen molar-refractivity contribution >= 4 is 17.7 Å². The number of amides is 1. The van der Waals surface area contributed by atoms with E-state index in [1.165, 1.54) is 12.0 Å². The van der Waals surface area contributed by atoms with Crippen molar-refractivity contribution in [3.8, 4) is 17.2 Å². The molecule has 1 amide bonds. The molecule has 0 saturated carbocycles. The van der Waals surface area contributed by atoms with Crippen molar-refractivity contribution in [1.82, 2.24) is 4.90 Å². The first kappa shape index (κ1) is 26.5. The number of benzene rings is 1. The molecule has 1 aromatic rings. The van der Waals surface area contributed by atoms with Gasteiger partial charge in [0.1, 0.15) is 6.04 Å². The fourth-order valence-electron chi connectivity index (χ4n) is 4.44. The lowest BCUT2D eigenvalue weighted by molar-refractivity contribution is -0.160. The molecular weight excluding hydrogens is 426 g/mol. The number of carbonyl (C=O) groups excluding carboxylic acids is 2. The van der Waals surface area contributed by atoms with Crippen LogP contribution in [0.5, 0.6) is 17.2 Å². The van der Waals surface area contributed by atoms with Gasteiger partial charge in [0.05, 0.1) is 21.3 Å². The molecule has 1 aliphatic rings. The molecular formula is C25H37NO7. The third-order valence-electron chi connectivity index (χ3n) is 6.88. The van der Waals surface area contributed by atoms with Crippen molar-refractivity contribution in [3.05, 3.63) is 17.7 Å². The predicted molar refractivity (Wildman–Crippen MR) is 124 cm³/mol. The maximum absolute atomic E-state index is 13.0. The van der Waals surface area contributed by atoms with Crippen LogP contribution in [0.15, 0.2) is 12.1 Å². The molecule has 2 unspecified atom stereocenters. The molecule has 1 saturated heterocycles. The van der Waals surface area contributed by atoms with Crippen molar-refractivity contribution in [2.75, 3.05) is 27.9 Å². The van der Waals surface area contributed by atoms with Crippen LogP contribution in [0.3, 0.4) is 0 Å². The molecule has 8 heteroatoms. The lowest BCUT2D eigenvalue weighted by Crippen LogP contribution is -2.56. The number of methoxy groups -OCH3 is 3. The van der Waals surface area contributed by atoms with Crippen molar-refractivity contribution in [2.45, 2.75) is 65.3 Å². The van der Waals surface area contributed by atoms with Gasteiger partial charge in [-0.25, -0.2) is 4.79 Å². The molecule has 1 N–H and O–H groups in total. The van der Waals surface area contributed by atoms with Gasteiger partial charge in [-0.05, 0) is 55.2 Å². The Hall–Kier alpha value is -2.77. The number of hydrogen-bond acceptors (Lipinski definition) is 6. The molecule has 2 rings (SSSR count).